The summed E-state index contributed by atoms with van der Waals surface area (Å²) in [6, 6.07) is 9.25. The minimum absolute atomic E-state index is 0.348. The Bertz CT molecular complexity index is 692. The molecule has 0 aliphatic heterocycles. The van der Waals surface area contributed by atoms with Crippen LogP contribution in [0.25, 0.3) is 0 Å². The first-order valence-electron chi connectivity index (χ1n) is 7.52. The van der Waals surface area contributed by atoms with E-state index in [-0.39, 0.29) is 0 Å². The van der Waals surface area contributed by atoms with E-state index in [2.05, 4.69) is 13.0 Å². The monoisotopic (exact) mass is 314 g/mol. The Kier molecular flexibility index (Phi) is 5.63. The van der Waals surface area contributed by atoms with Crippen LogP contribution in [0.1, 0.15) is 27.0 Å². The van der Waals surface area contributed by atoms with Gasteiger partial charge in [0.25, 0.3) is 0 Å². The van der Waals surface area contributed by atoms with Gasteiger partial charge in [0.05, 0.1) is 12.7 Å². The number of benzene rings is 2. The molecule has 0 unspecified atom stereocenters. The first kappa shape index (κ1) is 16.9. The lowest BCUT2D eigenvalue weighted by atomic mass is 10.1. The van der Waals surface area contributed by atoms with Gasteiger partial charge in [0.1, 0.15) is 30.5 Å². The minimum Gasteiger partial charge on any atom is -0.497 e. The zero-order chi connectivity index (χ0) is 16.8. The molecule has 0 saturated carbocycles. The van der Waals surface area contributed by atoms with Crippen LogP contribution in [0.2, 0.25) is 0 Å². The maximum atomic E-state index is 11.0. The molecule has 23 heavy (non-hydrogen) atoms. The lowest BCUT2D eigenvalue weighted by Crippen LogP contribution is -2.11. The predicted octanol–water partition coefficient (Wildman–Crippen LogP) is 3.89. The third-order valence-electron chi connectivity index (χ3n) is 3.71. The minimum atomic E-state index is 0.348. The quantitative estimate of drug-likeness (QED) is 0.574. The van der Waals surface area contributed by atoms with Crippen LogP contribution >= 0.6 is 0 Å². The van der Waals surface area contributed by atoms with Crippen LogP contribution in [0.5, 0.6) is 17.2 Å². The van der Waals surface area contributed by atoms with Gasteiger partial charge in [-0.1, -0.05) is 6.07 Å². The molecule has 0 heterocycles. The molecule has 0 radical (unpaired) electrons. The highest BCUT2D eigenvalue weighted by atomic mass is 16.5. The molecular formula is C19H22O4. The summed E-state index contributed by atoms with van der Waals surface area (Å²) in [4.78, 5) is 11.0. The molecule has 0 bridgehead atoms. The predicted molar refractivity (Wildman–Crippen MR) is 90.0 cm³/mol. The van der Waals surface area contributed by atoms with Crippen molar-refractivity contribution in [2.24, 2.45) is 0 Å². The molecular weight excluding hydrogens is 292 g/mol. The number of methoxy groups -OCH3 is 1. The largest absolute Gasteiger partial charge is 0.497 e. The number of hydrogen-bond donors (Lipinski definition) is 0. The van der Waals surface area contributed by atoms with Crippen molar-refractivity contribution in [1.29, 1.82) is 0 Å². The molecule has 2 aromatic rings. The van der Waals surface area contributed by atoms with Crippen molar-refractivity contribution >= 4 is 6.29 Å². The standard InChI is InChI=1S/C19H22O4/c1-13-9-14(2)15(3)18(10-13)22-7-8-23-19-11-17(21-4)6-5-16(19)12-20/h5-6,9-12H,7-8H2,1-4H3. The van der Waals surface area contributed by atoms with Gasteiger partial charge in [-0.25, -0.2) is 0 Å². The molecule has 0 fully saturated rings. The number of ether oxygens (including phenoxy) is 3. The van der Waals surface area contributed by atoms with E-state index in [1.807, 2.05) is 19.9 Å². The van der Waals surface area contributed by atoms with E-state index in [9.17, 15) is 4.79 Å². The van der Waals surface area contributed by atoms with Gasteiger partial charge in [0.2, 0.25) is 0 Å². The van der Waals surface area contributed by atoms with Gasteiger partial charge < -0.3 is 14.2 Å². The number of hydrogen-bond acceptors (Lipinski definition) is 4. The molecule has 0 saturated heterocycles. The summed E-state index contributed by atoms with van der Waals surface area (Å²) in [6.45, 7) is 6.90. The van der Waals surface area contributed by atoms with Crippen LogP contribution in [0.15, 0.2) is 30.3 Å². The Morgan fingerprint density at radius 1 is 0.957 bits per heavy atom. The number of rotatable bonds is 7. The Morgan fingerprint density at radius 3 is 2.30 bits per heavy atom. The molecule has 0 aliphatic carbocycles. The molecule has 0 atom stereocenters. The van der Waals surface area contributed by atoms with Gasteiger partial charge in [0, 0.05) is 6.07 Å². The Hall–Kier alpha value is -2.49. The highest BCUT2D eigenvalue weighted by Crippen LogP contribution is 2.25. The van der Waals surface area contributed by atoms with Crippen LogP contribution in [-0.4, -0.2) is 26.6 Å². The second-order valence-electron chi connectivity index (χ2n) is 5.42. The summed E-state index contributed by atoms with van der Waals surface area (Å²) < 4.78 is 16.6. The number of aryl methyl sites for hydroxylation is 2. The van der Waals surface area contributed by atoms with Crippen molar-refractivity contribution in [3.63, 3.8) is 0 Å². The zero-order valence-electron chi connectivity index (χ0n) is 14.0. The SMILES string of the molecule is COc1ccc(C=O)c(OCCOc2cc(C)cc(C)c2C)c1. The molecule has 122 valence electrons. The molecule has 4 heteroatoms. The van der Waals surface area contributed by atoms with Crippen molar-refractivity contribution < 1.29 is 19.0 Å². The van der Waals surface area contributed by atoms with E-state index >= 15 is 0 Å². The van der Waals surface area contributed by atoms with Gasteiger partial charge in [-0.05, 0) is 55.7 Å². The number of aldehydes is 1. The maximum Gasteiger partial charge on any atom is 0.153 e. The van der Waals surface area contributed by atoms with Gasteiger partial charge in [-0.2, -0.15) is 0 Å². The topological polar surface area (TPSA) is 44.8 Å². The van der Waals surface area contributed by atoms with Gasteiger partial charge in [0.15, 0.2) is 6.29 Å². The fourth-order valence-corrected chi connectivity index (χ4v) is 2.32. The molecule has 2 rings (SSSR count). The van der Waals surface area contributed by atoms with Gasteiger partial charge in [-0.3, -0.25) is 4.79 Å². The first-order valence-corrected chi connectivity index (χ1v) is 7.52. The van der Waals surface area contributed by atoms with Crippen molar-refractivity contribution in [3.05, 3.63) is 52.6 Å². The van der Waals surface area contributed by atoms with E-state index in [1.54, 1.807) is 25.3 Å². The van der Waals surface area contributed by atoms with Crippen molar-refractivity contribution in [2.45, 2.75) is 20.8 Å². The lowest BCUT2D eigenvalue weighted by Gasteiger charge is -2.14. The molecule has 4 nitrogen and oxygen atoms in total. The van der Waals surface area contributed by atoms with Crippen molar-refractivity contribution in [2.75, 3.05) is 20.3 Å². The molecule has 2 aromatic carbocycles. The molecule has 0 amide bonds. The van der Waals surface area contributed by atoms with Crippen LogP contribution in [0.4, 0.5) is 0 Å². The molecule has 0 spiro atoms. The van der Waals surface area contributed by atoms with E-state index in [1.165, 1.54) is 11.1 Å². The van der Waals surface area contributed by atoms with Crippen LogP contribution < -0.4 is 14.2 Å². The summed E-state index contributed by atoms with van der Waals surface area (Å²) in [6.07, 6.45) is 0.768. The van der Waals surface area contributed by atoms with Crippen LogP contribution in [0, 0.1) is 20.8 Å². The molecule has 0 aliphatic rings. The van der Waals surface area contributed by atoms with Crippen molar-refractivity contribution in [3.8, 4) is 17.2 Å². The Labute approximate surface area is 137 Å². The highest BCUT2D eigenvalue weighted by Gasteiger charge is 2.07. The average Bonchev–Trinajstić information content (AvgIpc) is 2.55. The lowest BCUT2D eigenvalue weighted by molar-refractivity contribution is 0.111. The van der Waals surface area contributed by atoms with E-state index < -0.39 is 0 Å². The summed E-state index contributed by atoms with van der Waals surface area (Å²) in [7, 11) is 1.58. The molecule has 0 N–H and O–H groups in total. The van der Waals surface area contributed by atoms with Crippen LogP contribution in [-0.2, 0) is 0 Å². The Morgan fingerprint density at radius 2 is 1.65 bits per heavy atom. The summed E-state index contributed by atoms with van der Waals surface area (Å²) in [5, 5.41) is 0. The third kappa shape index (κ3) is 4.25. The maximum absolute atomic E-state index is 11.0. The third-order valence-corrected chi connectivity index (χ3v) is 3.71. The summed E-state index contributed by atoms with van der Waals surface area (Å²) in [5.41, 5.74) is 4.00. The van der Waals surface area contributed by atoms with E-state index in [4.69, 9.17) is 14.2 Å². The average molecular weight is 314 g/mol. The van der Waals surface area contributed by atoms with E-state index in [0.717, 1.165) is 17.6 Å². The Balaban J connectivity index is 1.97. The zero-order valence-corrected chi connectivity index (χ0v) is 14.0. The smallest absolute Gasteiger partial charge is 0.153 e. The highest BCUT2D eigenvalue weighted by molar-refractivity contribution is 5.79. The summed E-state index contributed by atoms with van der Waals surface area (Å²) >= 11 is 0. The number of carbonyl (C=O) groups is 1. The number of carbonyl (C=O) groups excluding carboxylic acids is 1. The van der Waals surface area contributed by atoms with E-state index in [0.29, 0.717) is 30.3 Å². The summed E-state index contributed by atoms with van der Waals surface area (Å²) in [5.74, 6) is 2.02. The van der Waals surface area contributed by atoms with Gasteiger partial charge in [-0.15, -0.1) is 0 Å². The van der Waals surface area contributed by atoms with Gasteiger partial charge >= 0.3 is 0 Å². The van der Waals surface area contributed by atoms with Crippen molar-refractivity contribution in [1.82, 2.24) is 0 Å². The fourth-order valence-electron chi connectivity index (χ4n) is 2.32. The second kappa shape index (κ2) is 7.68. The molecule has 0 aromatic heterocycles. The fraction of sp³-hybridized carbons (Fsp3) is 0.316. The van der Waals surface area contributed by atoms with Crippen LogP contribution in [0.3, 0.4) is 0 Å². The second-order valence-corrected chi connectivity index (χ2v) is 5.42. The first-order chi connectivity index (χ1) is 11.0. The normalized spacial score (nSPS) is 10.3.